The smallest absolute Gasteiger partial charge is 0.346 e. The van der Waals surface area contributed by atoms with E-state index in [-0.39, 0.29) is 16.3 Å². The van der Waals surface area contributed by atoms with Crippen molar-refractivity contribution in [2.75, 3.05) is 11.9 Å². The van der Waals surface area contributed by atoms with E-state index in [9.17, 15) is 40.3 Å². The second-order valence-electron chi connectivity index (χ2n) is 7.83. The minimum absolute atomic E-state index is 0.173. The molecule has 2 amide bonds. The second kappa shape index (κ2) is 9.33. The first-order chi connectivity index (χ1) is 16.0. The van der Waals surface area contributed by atoms with Crippen molar-refractivity contribution < 1.29 is 40.3 Å². The van der Waals surface area contributed by atoms with Gasteiger partial charge < -0.3 is 10.6 Å². The summed E-state index contributed by atoms with van der Waals surface area (Å²) in [6.07, 6.45) is -5.92. The van der Waals surface area contributed by atoms with Gasteiger partial charge in [0.15, 0.2) is 0 Å². The van der Waals surface area contributed by atoms with E-state index in [1.54, 1.807) is 0 Å². The van der Waals surface area contributed by atoms with Crippen LogP contribution in [0.15, 0.2) is 30.3 Å². The molecule has 0 aliphatic heterocycles. The van der Waals surface area contributed by atoms with Crippen LogP contribution in [0.25, 0.3) is 0 Å². The Morgan fingerprint density at radius 3 is 2.26 bits per heavy atom. The molecule has 2 atom stereocenters. The maximum Gasteiger partial charge on any atom is 0.455 e. The molecule has 0 radical (unpaired) electrons. The number of alkyl halides is 7. The number of anilines is 1. The lowest BCUT2D eigenvalue weighted by Gasteiger charge is -2.20. The largest absolute Gasteiger partial charge is 0.455 e. The van der Waals surface area contributed by atoms with Crippen LogP contribution in [-0.2, 0) is 4.79 Å². The van der Waals surface area contributed by atoms with Gasteiger partial charge >= 0.3 is 12.1 Å². The first-order valence-electron chi connectivity index (χ1n) is 9.64. The monoisotopic (exact) mass is 564 g/mol. The van der Waals surface area contributed by atoms with Gasteiger partial charge in [-0.3, -0.25) is 9.59 Å². The molecule has 2 N–H and O–H groups in total. The van der Waals surface area contributed by atoms with E-state index in [1.807, 2.05) is 0 Å². The van der Waals surface area contributed by atoms with Crippen molar-refractivity contribution >= 4 is 52.3 Å². The van der Waals surface area contributed by atoms with E-state index in [2.05, 4.69) is 5.32 Å². The fourth-order valence-corrected chi connectivity index (χ4v) is 4.40. The van der Waals surface area contributed by atoms with Gasteiger partial charge in [-0.2, -0.15) is 22.0 Å². The molecule has 0 aromatic heterocycles. The number of carbonyl (C=O) groups is 2. The molecule has 1 aliphatic carbocycles. The van der Waals surface area contributed by atoms with Crippen molar-refractivity contribution in [2.24, 2.45) is 5.92 Å². The highest BCUT2D eigenvalue weighted by atomic mass is 35.5. The highest BCUT2D eigenvalue weighted by molar-refractivity contribution is 6.53. The molecule has 0 heterocycles. The van der Waals surface area contributed by atoms with E-state index in [4.69, 9.17) is 34.8 Å². The molecule has 35 heavy (non-hydrogen) atoms. The number of aryl methyl sites for hydroxylation is 1. The maximum atomic E-state index is 14.4. The van der Waals surface area contributed by atoms with Gasteiger partial charge in [0.05, 0.1) is 23.0 Å². The lowest BCUT2D eigenvalue weighted by atomic mass is 10.1. The Kier molecular flexibility index (Phi) is 7.29. The zero-order valence-corrected chi connectivity index (χ0v) is 19.6. The van der Waals surface area contributed by atoms with Gasteiger partial charge in [0.25, 0.3) is 5.91 Å². The Labute approximate surface area is 208 Å². The first kappa shape index (κ1) is 27.3. The van der Waals surface area contributed by atoms with Crippen molar-refractivity contribution in [3.63, 3.8) is 0 Å². The molecule has 2 unspecified atom stereocenters. The summed E-state index contributed by atoms with van der Waals surface area (Å²) in [6.45, 7) is -0.935. The Morgan fingerprint density at radius 2 is 1.69 bits per heavy atom. The normalized spacial score (nSPS) is 19.3. The zero-order valence-electron chi connectivity index (χ0n) is 17.3. The van der Waals surface area contributed by atoms with Crippen LogP contribution in [0.3, 0.4) is 0 Å². The number of benzene rings is 2. The van der Waals surface area contributed by atoms with E-state index >= 15 is 0 Å². The molecular weight excluding hydrogens is 552 g/mol. The van der Waals surface area contributed by atoms with Crippen LogP contribution >= 0.6 is 34.8 Å². The molecule has 3 rings (SSSR count). The van der Waals surface area contributed by atoms with E-state index < -0.39 is 63.8 Å². The highest BCUT2D eigenvalue weighted by Gasteiger charge is 2.67. The molecule has 1 aliphatic rings. The van der Waals surface area contributed by atoms with Crippen LogP contribution in [0.2, 0.25) is 5.02 Å². The Morgan fingerprint density at radius 1 is 1.06 bits per heavy atom. The van der Waals surface area contributed by atoms with E-state index in [1.165, 1.54) is 24.4 Å². The number of rotatable bonds is 6. The van der Waals surface area contributed by atoms with Crippen LogP contribution in [-0.4, -0.2) is 34.8 Å². The van der Waals surface area contributed by atoms with E-state index in [0.29, 0.717) is 5.56 Å². The van der Waals surface area contributed by atoms with Gasteiger partial charge in [-0.1, -0.05) is 17.7 Å². The van der Waals surface area contributed by atoms with Crippen molar-refractivity contribution in [3.8, 4) is 0 Å². The third-order valence-corrected chi connectivity index (χ3v) is 6.52. The quantitative estimate of drug-likeness (QED) is 0.316. The summed E-state index contributed by atoms with van der Waals surface area (Å²) in [5, 5.41) is 3.47. The van der Waals surface area contributed by atoms with Crippen molar-refractivity contribution in [3.05, 3.63) is 63.7 Å². The summed E-state index contributed by atoms with van der Waals surface area (Å²) in [5.41, 5.74) is -0.897. The summed E-state index contributed by atoms with van der Waals surface area (Å²) < 4.78 is 89.3. The highest BCUT2D eigenvalue weighted by Crippen LogP contribution is 2.65. The minimum atomic E-state index is -5.92. The van der Waals surface area contributed by atoms with Crippen molar-refractivity contribution in [2.45, 2.75) is 29.3 Å². The Hall–Kier alpha value is -2.24. The average Bonchev–Trinajstić information content (AvgIpc) is 3.32. The van der Waals surface area contributed by atoms with Gasteiger partial charge in [0.2, 0.25) is 5.91 Å². The summed E-state index contributed by atoms with van der Waals surface area (Å²) in [5.74, 6) is -11.3. The molecule has 0 spiro atoms. The minimum Gasteiger partial charge on any atom is -0.346 e. The predicted molar refractivity (Wildman–Crippen MR) is 115 cm³/mol. The third kappa shape index (κ3) is 5.46. The molecular formula is C21H14Cl3F7N2O2. The second-order valence-corrected chi connectivity index (χ2v) is 9.68. The van der Waals surface area contributed by atoms with Gasteiger partial charge in [-0.25, -0.2) is 8.78 Å². The zero-order chi connectivity index (χ0) is 26.5. The lowest BCUT2D eigenvalue weighted by molar-refractivity contribution is -0.278. The van der Waals surface area contributed by atoms with E-state index in [0.717, 1.165) is 18.2 Å². The number of nitrogens with one attached hydrogen (secondary N) is 2. The molecule has 1 fully saturated rings. The number of amides is 2. The summed E-state index contributed by atoms with van der Waals surface area (Å²) in [4.78, 5) is 24.9. The summed E-state index contributed by atoms with van der Waals surface area (Å²) >= 11 is 18.2. The van der Waals surface area contributed by atoms with Gasteiger partial charge in [0, 0.05) is 11.6 Å². The number of hydrogen-bond donors (Lipinski definition) is 2. The van der Waals surface area contributed by atoms with Crippen molar-refractivity contribution in [1.82, 2.24) is 5.32 Å². The van der Waals surface area contributed by atoms with Crippen molar-refractivity contribution in [1.29, 1.82) is 0 Å². The lowest BCUT2D eigenvalue weighted by Crippen LogP contribution is -2.46. The summed E-state index contributed by atoms with van der Waals surface area (Å²) in [6, 6.07) is 5.50. The topological polar surface area (TPSA) is 58.2 Å². The van der Waals surface area contributed by atoms with Crippen LogP contribution in [0.4, 0.5) is 36.4 Å². The fourth-order valence-electron chi connectivity index (χ4n) is 3.39. The average molecular weight is 566 g/mol. The van der Waals surface area contributed by atoms with Crippen LogP contribution in [0.1, 0.15) is 27.4 Å². The molecule has 4 nitrogen and oxygen atoms in total. The predicted octanol–water partition coefficient (Wildman–Crippen LogP) is 6.38. The van der Waals surface area contributed by atoms with Crippen LogP contribution in [0, 0.1) is 24.5 Å². The van der Waals surface area contributed by atoms with Crippen LogP contribution < -0.4 is 10.6 Å². The molecule has 0 saturated heterocycles. The third-order valence-electron chi connectivity index (χ3n) is 5.29. The van der Waals surface area contributed by atoms with Gasteiger partial charge in [0.1, 0.15) is 16.0 Å². The standard InChI is InChI=1S/C21H14Cl3F7N2O2/c1-8-4-10(6-11(16(8)26)17(34)32-7-19(27,28)21(29,30)31)33-18(35)15-14(20(15,23)24)9-2-3-13(25)12(22)5-9/h2-6,14-15H,7H2,1H3,(H,32,34)(H,33,35). The number of hydrogen-bond acceptors (Lipinski definition) is 2. The SMILES string of the molecule is Cc1cc(NC(=O)C2C(c3ccc(F)c(Cl)c3)C2(Cl)Cl)cc(C(=O)NCC(F)(F)C(F)(F)F)c1F. The number of carbonyl (C=O) groups excluding carboxylic acids is 2. The Balaban J connectivity index is 1.78. The molecule has 190 valence electrons. The first-order valence-corrected chi connectivity index (χ1v) is 10.8. The molecule has 0 bridgehead atoms. The maximum absolute atomic E-state index is 14.4. The van der Waals surface area contributed by atoms with Gasteiger partial charge in [-0.05, 0) is 42.3 Å². The molecule has 2 aromatic rings. The Bertz CT molecular complexity index is 1190. The summed E-state index contributed by atoms with van der Waals surface area (Å²) in [7, 11) is 0. The molecule has 1 saturated carbocycles. The fraction of sp³-hybridized carbons (Fsp3) is 0.333. The molecule has 2 aromatic carbocycles. The van der Waals surface area contributed by atoms with Crippen LogP contribution in [0.5, 0.6) is 0 Å². The molecule has 14 heteroatoms. The van der Waals surface area contributed by atoms with Gasteiger partial charge in [-0.15, -0.1) is 23.2 Å². The number of halogens is 10.